The molecule has 0 amide bonds. The minimum Gasteiger partial charge on any atom is -0.396 e. The van der Waals surface area contributed by atoms with Crippen LogP contribution in [0.3, 0.4) is 0 Å². The van der Waals surface area contributed by atoms with Crippen molar-refractivity contribution in [3.05, 3.63) is 0 Å². The van der Waals surface area contributed by atoms with Gasteiger partial charge in [-0.25, -0.2) is 0 Å². The van der Waals surface area contributed by atoms with E-state index in [4.69, 9.17) is 5.11 Å². The van der Waals surface area contributed by atoms with E-state index in [2.05, 4.69) is 18.7 Å². The highest BCUT2D eigenvalue weighted by atomic mass is 16.3. The summed E-state index contributed by atoms with van der Waals surface area (Å²) in [6, 6.07) is 0. The minimum absolute atomic E-state index is 0.370. The van der Waals surface area contributed by atoms with E-state index in [1.165, 1.54) is 6.54 Å². The van der Waals surface area contributed by atoms with Crippen LogP contribution in [0, 0.1) is 11.8 Å². The molecule has 0 aromatic rings. The molecule has 1 saturated heterocycles. The maximum absolute atomic E-state index is 8.71. The lowest BCUT2D eigenvalue weighted by Gasteiger charge is -2.39. The van der Waals surface area contributed by atoms with E-state index in [0.717, 1.165) is 19.0 Å². The number of aliphatic hydroxyl groups excluding tert-OH is 1. The Morgan fingerprint density at radius 3 is 2.50 bits per heavy atom. The zero-order valence-corrected chi connectivity index (χ0v) is 6.88. The molecule has 1 aliphatic rings. The van der Waals surface area contributed by atoms with Crippen molar-refractivity contribution in [3.8, 4) is 0 Å². The van der Waals surface area contributed by atoms with Crippen LogP contribution in [0.25, 0.3) is 0 Å². The van der Waals surface area contributed by atoms with Gasteiger partial charge >= 0.3 is 0 Å². The molecular formula is C8H17NO. The molecule has 0 aliphatic carbocycles. The summed E-state index contributed by atoms with van der Waals surface area (Å²) in [6.07, 6.45) is 0. The van der Waals surface area contributed by atoms with Gasteiger partial charge in [0.15, 0.2) is 0 Å². The fourth-order valence-corrected chi connectivity index (χ4v) is 1.46. The Hall–Kier alpha value is -0.0800. The predicted octanol–water partition coefficient (Wildman–Crippen LogP) is 0.567. The third-order valence-corrected chi connectivity index (χ3v) is 1.91. The van der Waals surface area contributed by atoms with Crippen LogP contribution < -0.4 is 0 Å². The number of rotatable bonds is 3. The summed E-state index contributed by atoms with van der Waals surface area (Å²) < 4.78 is 0. The molecule has 1 N–H and O–H groups in total. The minimum atomic E-state index is 0.370. The number of hydrogen-bond acceptors (Lipinski definition) is 2. The average molecular weight is 143 g/mol. The molecule has 0 saturated carbocycles. The van der Waals surface area contributed by atoms with E-state index in [9.17, 15) is 0 Å². The normalized spacial score (nSPS) is 21.6. The van der Waals surface area contributed by atoms with Crippen molar-refractivity contribution in [1.29, 1.82) is 0 Å². The Labute approximate surface area is 62.8 Å². The van der Waals surface area contributed by atoms with Crippen molar-refractivity contribution in [1.82, 2.24) is 4.90 Å². The highest BCUT2D eigenvalue weighted by Gasteiger charge is 2.25. The van der Waals surface area contributed by atoms with Crippen molar-refractivity contribution in [2.75, 3.05) is 26.2 Å². The van der Waals surface area contributed by atoms with Gasteiger partial charge in [0.05, 0.1) is 0 Å². The monoisotopic (exact) mass is 143 g/mol. The summed E-state index contributed by atoms with van der Waals surface area (Å²) in [6.45, 7) is 8.23. The third-order valence-electron chi connectivity index (χ3n) is 1.91. The summed E-state index contributed by atoms with van der Waals surface area (Å²) in [7, 11) is 0. The molecule has 0 atom stereocenters. The lowest BCUT2D eigenvalue weighted by molar-refractivity contribution is 0.0453. The molecule has 10 heavy (non-hydrogen) atoms. The SMILES string of the molecule is CC(C)CN1CC(CO)C1. The second kappa shape index (κ2) is 3.35. The fraction of sp³-hybridized carbons (Fsp3) is 1.00. The number of likely N-dealkylation sites (tertiary alicyclic amines) is 1. The second-order valence-electron chi connectivity index (χ2n) is 3.66. The molecule has 2 heteroatoms. The number of nitrogens with zero attached hydrogens (tertiary/aromatic N) is 1. The molecule has 0 radical (unpaired) electrons. The summed E-state index contributed by atoms with van der Waals surface area (Å²) in [5.74, 6) is 1.33. The van der Waals surface area contributed by atoms with E-state index in [-0.39, 0.29) is 0 Å². The van der Waals surface area contributed by atoms with Crippen LogP contribution in [-0.2, 0) is 0 Å². The first kappa shape index (κ1) is 8.02. The van der Waals surface area contributed by atoms with Crippen LogP contribution in [0.2, 0.25) is 0 Å². The van der Waals surface area contributed by atoms with Crippen LogP contribution in [0.15, 0.2) is 0 Å². The first-order chi connectivity index (χ1) is 4.72. The van der Waals surface area contributed by atoms with Gasteiger partial charge in [0.2, 0.25) is 0 Å². The van der Waals surface area contributed by atoms with Gasteiger partial charge in [-0.2, -0.15) is 0 Å². The average Bonchev–Trinajstić information content (AvgIpc) is 1.76. The smallest absolute Gasteiger partial charge is 0.0483 e. The summed E-state index contributed by atoms with van der Waals surface area (Å²) in [4.78, 5) is 2.39. The molecule has 1 heterocycles. The predicted molar refractivity (Wildman–Crippen MR) is 41.9 cm³/mol. The van der Waals surface area contributed by atoms with Gasteiger partial charge in [-0.3, -0.25) is 0 Å². The van der Waals surface area contributed by atoms with E-state index in [0.29, 0.717) is 12.5 Å². The van der Waals surface area contributed by atoms with E-state index < -0.39 is 0 Å². The van der Waals surface area contributed by atoms with Crippen LogP contribution in [0.5, 0.6) is 0 Å². The van der Waals surface area contributed by atoms with E-state index in [1.807, 2.05) is 0 Å². The van der Waals surface area contributed by atoms with Gasteiger partial charge < -0.3 is 10.0 Å². The molecule has 0 spiro atoms. The molecule has 0 aromatic carbocycles. The molecule has 2 nitrogen and oxygen atoms in total. The van der Waals surface area contributed by atoms with Crippen molar-refractivity contribution in [3.63, 3.8) is 0 Å². The van der Waals surface area contributed by atoms with Crippen molar-refractivity contribution in [2.24, 2.45) is 11.8 Å². The quantitative estimate of drug-likeness (QED) is 0.624. The largest absolute Gasteiger partial charge is 0.396 e. The van der Waals surface area contributed by atoms with Gasteiger partial charge in [0.1, 0.15) is 0 Å². The van der Waals surface area contributed by atoms with Gasteiger partial charge in [-0.15, -0.1) is 0 Å². The number of hydrogen-bond donors (Lipinski definition) is 1. The summed E-state index contributed by atoms with van der Waals surface area (Å²) >= 11 is 0. The van der Waals surface area contributed by atoms with Gasteiger partial charge in [0.25, 0.3) is 0 Å². The third kappa shape index (κ3) is 1.96. The second-order valence-corrected chi connectivity index (χ2v) is 3.66. The molecule has 1 aliphatic heterocycles. The highest BCUT2D eigenvalue weighted by molar-refractivity contribution is 4.79. The van der Waals surface area contributed by atoms with Crippen LogP contribution >= 0.6 is 0 Å². The molecule has 60 valence electrons. The maximum Gasteiger partial charge on any atom is 0.0483 e. The van der Waals surface area contributed by atoms with Crippen LogP contribution in [0.4, 0.5) is 0 Å². The van der Waals surface area contributed by atoms with Crippen LogP contribution in [-0.4, -0.2) is 36.2 Å². The Bertz CT molecular complexity index is 97.4. The van der Waals surface area contributed by atoms with Crippen molar-refractivity contribution < 1.29 is 5.11 Å². The zero-order valence-electron chi connectivity index (χ0n) is 6.88. The van der Waals surface area contributed by atoms with Crippen molar-refractivity contribution in [2.45, 2.75) is 13.8 Å². The first-order valence-corrected chi connectivity index (χ1v) is 4.05. The molecule has 0 bridgehead atoms. The standard InChI is InChI=1S/C8H17NO/c1-7(2)3-9-4-8(5-9)6-10/h7-8,10H,3-6H2,1-2H3. The molecule has 0 aromatic heterocycles. The maximum atomic E-state index is 8.71. The van der Waals surface area contributed by atoms with E-state index >= 15 is 0 Å². The molecule has 1 fully saturated rings. The lowest BCUT2D eigenvalue weighted by Crippen LogP contribution is -2.49. The Balaban J connectivity index is 2.03. The highest BCUT2D eigenvalue weighted by Crippen LogP contribution is 2.15. The topological polar surface area (TPSA) is 23.5 Å². The van der Waals surface area contributed by atoms with Crippen molar-refractivity contribution >= 4 is 0 Å². The summed E-state index contributed by atoms with van der Waals surface area (Å²) in [5, 5.41) is 8.71. The molecule has 1 rings (SSSR count). The lowest BCUT2D eigenvalue weighted by atomic mass is 10.00. The first-order valence-electron chi connectivity index (χ1n) is 4.05. The molecular weight excluding hydrogens is 126 g/mol. The van der Waals surface area contributed by atoms with E-state index in [1.54, 1.807) is 0 Å². The number of aliphatic hydroxyl groups is 1. The van der Waals surface area contributed by atoms with Gasteiger partial charge in [-0.05, 0) is 5.92 Å². The Kier molecular flexibility index (Phi) is 2.69. The van der Waals surface area contributed by atoms with Gasteiger partial charge in [0, 0.05) is 32.2 Å². The Morgan fingerprint density at radius 1 is 1.50 bits per heavy atom. The zero-order chi connectivity index (χ0) is 7.56. The fourth-order valence-electron chi connectivity index (χ4n) is 1.46. The summed E-state index contributed by atoms with van der Waals surface area (Å²) in [5.41, 5.74) is 0. The van der Waals surface area contributed by atoms with Crippen LogP contribution in [0.1, 0.15) is 13.8 Å². The Morgan fingerprint density at radius 2 is 2.10 bits per heavy atom. The van der Waals surface area contributed by atoms with Gasteiger partial charge in [-0.1, -0.05) is 13.8 Å². The molecule has 0 unspecified atom stereocenters.